The Kier molecular flexibility index (Phi) is 7.82. The summed E-state index contributed by atoms with van der Waals surface area (Å²) >= 11 is 6.98. The molecule has 0 aliphatic carbocycles. The van der Waals surface area contributed by atoms with Crippen molar-refractivity contribution in [2.45, 2.75) is 20.3 Å². The summed E-state index contributed by atoms with van der Waals surface area (Å²) in [6, 6.07) is 19.6. The number of ether oxygens (including phenoxy) is 2. The highest BCUT2D eigenvalue weighted by Crippen LogP contribution is 2.31. The zero-order chi connectivity index (χ0) is 21.3. The summed E-state index contributed by atoms with van der Waals surface area (Å²) in [4.78, 5) is 13.5. The maximum absolute atomic E-state index is 12.5. The van der Waals surface area contributed by atoms with Gasteiger partial charge in [-0.1, -0.05) is 42.5 Å². The van der Waals surface area contributed by atoms with Gasteiger partial charge in [0.25, 0.3) is 0 Å². The molecular formula is C23H24N2O3S2. The fourth-order valence-electron chi connectivity index (χ4n) is 2.89. The smallest absolute Gasteiger partial charge is 0.341 e. The third-order valence-electron chi connectivity index (χ3n) is 4.16. The average molecular weight is 441 g/mol. The van der Waals surface area contributed by atoms with E-state index in [9.17, 15) is 4.79 Å². The molecule has 0 unspecified atom stereocenters. The topological polar surface area (TPSA) is 59.6 Å². The van der Waals surface area contributed by atoms with Gasteiger partial charge in [-0.2, -0.15) is 0 Å². The van der Waals surface area contributed by atoms with Crippen LogP contribution in [0.5, 0.6) is 5.75 Å². The van der Waals surface area contributed by atoms with E-state index in [2.05, 4.69) is 22.8 Å². The molecule has 0 atom stereocenters. The van der Waals surface area contributed by atoms with Crippen LogP contribution in [0.1, 0.15) is 34.6 Å². The predicted molar refractivity (Wildman–Crippen MR) is 127 cm³/mol. The second-order valence-corrected chi connectivity index (χ2v) is 7.89. The van der Waals surface area contributed by atoms with Gasteiger partial charge in [0, 0.05) is 11.3 Å². The Hall–Kier alpha value is -2.90. The first-order chi connectivity index (χ1) is 14.6. The Morgan fingerprint density at radius 3 is 2.47 bits per heavy atom. The van der Waals surface area contributed by atoms with Crippen molar-refractivity contribution in [3.05, 3.63) is 76.7 Å². The zero-order valence-corrected chi connectivity index (χ0v) is 18.6. The number of para-hydroxylation sites is 2. The molecule has 3 rings (SSSR count). The van der Waals surface area contributed by atoms with Crippen molar-refractivity contribution < 1.29 is 14.3 Å². The monoisotopic (exact) mass is 440 g/mol. The van der Waals surface area contributed by atoms with Crippen molar-refractivity contribution >= 4 is 45.3 Å². The Balaban J connectivity index is 1.79. The molecule has 0 fully saturated rings. The van der Waals surface area contributed by atoms with Crippen molar-refractivity contribution in [1.82, 2.24) is 0 Å². The molecule has 0 bridgehead atoms. The summed E-state index contributed by atoms with van der Waals surface area (Å²) in [6.45, 7) is 4.59. The van der Waals surface area contributed by atoms with Gasteiger partial charge < -0.3 is 20.1 Å². The lowest BCUT2D eigenvalue weighted by Gasteiger charge is -2.14. The van der Waals surface area contributed by atoms with Gasteiger partial charge in [0.15, 0.2) is 5.11 Å². The van der Waals surface area contributed by atoms with Crippen molar-refractivity contribution in [2.75, 3.05) is 23.8 Å². The van der Waals surface area contributed by atoms with E-state index in [1.807, 2.05) is 55.5 Å². The second kappa shape index (κ2) is 10.8. The van der Waals surface area contributed by atoms with Crippen LogP contribution in [0.15, 0.2) is 60.7 Å². The highest BCUT2D eigenvalue weighted by molar-refractivity contribution is 7.80. The standard InChI is InChI=1S/C23H24N2O3S2/c1-3-27-20-13-9-8-12-19(20)24-23(29)25-21-18(22(26)28-4-2)15-17(30-21)14-16-10-6-5-7-11-16/h5-13,15H,3-4,14H2,1-2H3,(H2,24,25,29). The lowest BCUT2D eigenvalue weighted by atomic mass is 10.1. The van der Waals surface area contributed by atoms with Crippen LogP contribution < -0.4 is 15.4 Å². The normalized spacial score (nSPS) is 10.3. The number of thiophene rings is 1. The molecule has 3 aromatic rings. The molecule has 0 saturated carbocycles. The molecule has 7 heteroatoms. The van der Waals surface area contributed by atoms with Crippen LogP contribution in [0, 0.1) is 0 Å². The summed E-state index contributed by atoms with van der Waals surface area (Å²) in [5.41, 5.74) is 2.41. The number of carbonyl (C=O) groups is 1. The Morgan fingerprint density at radius 2 is 1.73 bits per heavy atom. The first kappa shape index (κ1) is 21.8. The first-order valence-corrected chi connectivity index (χ1v) is 11.0. The Bertz CT molecular complexity index is 1000. The molecule has 1 heterocycles. The van der Waals surface area contributed by atoms with Gasteiger partial charge in [-0.25, -0.2) is 4.79 Å². The van der Waals surface area contributed by atoms with Crippen LogP contribution in [-0.2, 0) is 11.2 Å². The van der Waals surface area contributed by atoms with Crippen molar-refractivity contribution in [1.29, 1.82) is 0 Å². The van der Waals surface area contributed by atoms with Crippen molar-refractivity contribution in [2.24, 2.45) is 0 Å². The van der Waals surface area contributed by atoms with Gasteiger partial charge in [0.2, 0.25) is 0 Å². The fourth-order valence-corrected chi connectivity index (χ4v) is 4.25. The molecule has 0 aliphatic rings. The molecule has 30 heavy (non-hydrogen) atoms. The molecule has 156 valence electrons. The molecule has 0 saturated heterocycles. The summed E-state index contributed by atoms with van der Waals surface area (Å²) in [5.74, 6) is 0.346. The van der Waals surface area contributed by atoms with Gasteiger partial charge >= 0.3 is 5.97 Å². The molecule has 0 radical (unpaired) electrons. The van der Waals surface area contributed by atoms with E-state index in [4.69, 9.17) is 21.7 Å². The molecule has 2 N–H and O–H groups in total. The highest BCUT2D eigenvalue weighted by Gasteiger charge is 2.19. The van der Waals surface area contributed by atoms with Gasteiger partial charge in [0.05, 0.1) is 24.5 Å². The van der Waals surface area contributed by atoms with Crippen molar-refractivity contribution in [3.8, 4) is 5.75 Å². The number of thiocarbonyl (C=S) groups is 1. The van der Waals surface area contributed by atoms with Gasteiger partial charge in [-0.15, -0.1) is 11.3 Å². The lowest BCUT2D eigenvalue weighted by molar-refractivity contribution is 0.0528. The van der Waals surface area contributed by atoms with E-state index in [0.717, 1.165) is 17.0 Å². The van der Waals surface area contributed by atoms with E-state index in [-0.39, 0.29) is 5.97 Å². The summed E-state index contributed by atoms with van der Waals surface area (Å²) < 4.78 is 10.9. The molecular weight excluding hydrogens is 416 g/mol. The number of nitrogens with one attached hydrogen (secondary N) is 2. The van der Waals surface area contributed by atoms with E-state index in [1.165, 1.54) is 16.9 Å². The van der Waals surface area contributed by atoms with E-state index >= 15 is 0 Å². The molecule has 5 nitrogen and oxygen atoms in total. The lowest BCUT2D eigenvalue weighted by Crippen LogP contribution is -2.20. The SMILES string of the molecule is CCOC(=O)c1cc(Cc2ccccc2)sc1NC(=S)Nc1ccccc1OCC. The molecule has 2 aromatic carbocycles. The number of benzene rings is 2. The quantitative estimate of drug-likeness (QED) is 0.345. The van der Waals surface area contributed by atoms with E-state index in [1.54, 1.807) is 6.92 Å². The fraction of sp³-hybridized carbons (Fsp3) is 0.217. The van der Waals surface area contributed by atoms with Crippen LogP contribution in [0.3, 0.4) is 0 Å². The van der Waals surface area contributed by atoms with Gasteiger partial charge in [0.1, 0.15) is 10.8 Å². The van der Waals surface area contributed by atoms with Crippen LogP contribution in [0.4, 0.5) is 10.7 Å². The van der Waals surface area contributed by atoms with Crippen molar-refractivity contribution in [3.63, 3.8) is 0 Å². The van der Waals surface area contributed by atoms with Crippen LogP contribution >= 0.6 is 23.6 Å². The average Bonchev–Trinajstić information content (AvgIpc) is 3.12. The second-order valence-electron chi connectivity index (χ2n) is 6.35. The third kappa shape index (κ3) is 5.81. The van der Waals surface area contributed by atoms with Gasteiger partial charge in [-0.3, -0.25) is 0 Å². The predicted octanol–water partition coefficient (Wildman–Crippen LogP) is 5.72. The summed E-state index contributed by atoms with van der Waals surface area (Å²) in [6.07, 6.45) is 0.729. The minimum Gasteiger partial charge on any atom is -0.492 e. The minimum atomic E-state index is -0.368. The maximum atomic E-state index is 12.5. The molecule has 0 amide bonds. The molecule has 0 spiro atoms. The van der Waals surface area contributed by atoms with E-state index < -0.39 is 0 Å². The Morgan fingerprint density at radius 1 is 1.00 bits per heavy atom. The third-order valence-corrected chi connectivity index (χ3v) is 5.42. The maximum Gasteiger partial charge on any atom is 0.341 e. The van der Waals surface area contributed by atoms with Gasteiger partial charge in [-0.05, 0) is 49.8 Å². The van der Waals surface area contributed by atoms with Crippen LogP contribution in [0.25, 0.3) is 0 Å². The highest BCUT2D eigenvalue weighted by atomic mass is 32.1. The zero-order valence-electron chi connectivity index (χ0n) is 16.9. The Labute approximate surface area is 186 Å². The number of hydrogen-bond acceptors (Lipinski definition) is 5. The number of hydrogen-bond donors (Lipinski definition) is 2. The first-order valence-electron chi connectivity index (χ1n) is 9.74. The van der Waals surface area contributed by atoms with E-state index in [0.29, 0.717) is 34.6 Å². The number of rotatable bonds is 8. The van der Waals surface area contributed by atoms with Crippen LogP contribution in [0.2, 0.25) is 0 Å². The summed E-state index contributed by atoms with van der Waals surface area (Å²) in [5, 5.41) is 7.34. The number of anilines is 2. The largest absolute Gasteiger partial charge is 0.492 e. The van der Waals surface area contributed by atoms with Crippen LogP contribution in [-0.4, -0.2) is 24.3 Å². The number of esters is 1. The minimum absolute atomic E-state index is 0.312. The molecule has 1 aromatic heterocycles. The molecule has 0 aliphatic heterocycles. The summed E-state index contributed by atoms with van der Waals surface area (Å²) in [7, 11) is 0. The number of carbonyl (C=O) groups excluding carboxylic acids is 1.